The fourth-order valence-corrected chi connectivity index (χ4v) is 1.43. The molecule has 0 aliphatic carbocycles. The van der Waals surface area contributed by atoms with Crippen molar-refractivity contribution in [3.05, 3.63) is 47.7 Å². The maximum Gasteiger partial charge on any atom is 0.220 e. The van der Waals surface area contributed by atoms with Gasteiger partial charge in [-0.3, -0.25) is 0 Å². The molecule has 3 N–H and O–H groups in total. The molecule has 18 heavy (non-hydrogen) atoms. The maximum absolute atomic E-state index is 9.02. The molecule has 5 heteroatoms. The highest BCUT2D eigenvalue weighted by molar-refractivity contribution is 5.51. The van der Waals surface area contributed by atoms with E-state index >= 15 is 0 Å². The molecule has 0 saturated carbocycles. The van der Waals surface area contributed by atoms with Gasteiger partial charge in [-0.25, -0.2) is 4.98 Å². The molecule has 1 aromatic carbocycles. The lowest BCUT2D eigenvalue weighted by Gasteiger charge is -2.06. The molecule has 0 spiro atoms. The number of aliphatic hydroxyl groups is 1. The molecule has 2 aromatic rings. The Balaban J connectivity index is 2.26. The minimum absolute atomic E-state index is 0.0597. The van der Waals surface area contributed by atoms with Crippen LogP contribution in [0.2, 0.25) is 0 Å². The first kappa shape index (κ1) is 11.9. The summed E-state index contributed by atoms with van der Waals surface area (Å²) in [5.74, 6) is 0.832. The average molecular weight is 241 g/mol. The summed E-state index contributed by atoms with van der Waals surface area (Å²) >= 11 is 0. The smallest absolute Gasteiger partial charge is 0.220 e. The van der Waals surface area contributed by atoms with Gasteiger partial charge in [0.25, 0.3) is 0 Å². The normalized spacial score (nSPS) is 9.78. The molecule has 0 unspecified atom stereocenters. The van der Waals surface area contributed by atoms with Crippen LogP contribution in [0.4, 0.5) is 5.69 Å². The molecule has 0 fully saturated rings. The van der Waals surface area contributed by atoms with Gasteiger partial charge >= 0.3 is 0 Å². The van der Waals surface area contributed by atoms with E-state index in [2.05, 4.69) is 4.98 Å². The first-order chi connectivity index (χ1) is 8.72. The molecular weight excluding hydrogens is 230 g/mol. The maximum atomic E-state index is 9.02. The number of aliphatic hydroxyl groups excluding tert-OH is 1. The molecule has 2 rings (SSSR count). The summed E-state index contributed by atoms with van der Waals surface area (Å²) in [6.07, 6.45) is 0. The van der Waals surface area contributed by atoms with Gasteiger partial charge < -0.3 is 15.6 Å². The van der Waals surface area contributed by atoms with E-state index in [4.69, 9.17) is 20.8 Å². The standard InChI is InChI=1S/C13H11N3O2/c14-7-12-11(15)4-5-13(16-12)18-10-3-1-2-9(6-10)8-17/h1-6,17H,8,15H2. The van der Waals surface area contributed by atoms with Gasteiger partial charge in [-0.1, -0.05) is 12.1 Å². The van der Waals surface area contributed by atoms with Crippen LogP contribution in [0.1, 0.15) is 11.3 Å². The Hall–Kier alpha value is -2.58. The fourth-order valence-electron chi connectivity index (χ4n) is 1.43. The van der Waals surface area contributed by atoms with Crippen LogP contribution in [-0.4, -0.2) is 10.1 Å². The molecular formula is C13H11N3O2. The molecule has 90 valence electrons. The van der Waals surface area contributed by atoms with Crippen LogP contribution in [0.15, 0.2) is 36.4 Å². The van der Waals surface area contributed by atoms with E-state index in [0.29, 0.717) is 11.4 Å². The highest BCUT2D eigenvalue weighted by Crippen LogP contribution is 2.22. The summed E-state index contributed by atoms with van der Waals surface area (Å²) in [5.41, 5.74) is 6.75. The minimum atomic E-state index is -0.0597. The molecule has 0 aliphatic rings. The van der Waals surface area contributed by atoms with Crippen molar-refractivity contribution in [2.45, 2.75) is 6.61 Å². The van der Waals surface area contributed by atoms with Crippen molar-refractivity contribution in [3.8, 4) is 17.7 Å². The number of nitrogen functional groups attached to an aromatic ring is 1. The van der Waals surface area contributed by atoms with Gasteiger partial charge in [-0.15, -0.1) is 0 Å². The third kappa shape index (κ3) is 2.56. The van der Waals surface area contributed by atoms with Crippen molar-refractivity contribution < 1.29 is 9.84 Å². The van der Waals surface area contributed by atoms with Crippen molar-refractivity contribution in [1.29, 1.82) is 5.26 Å². The largest absolute Gasteiger partial charge is 0.439 e. The number of rotatable bonds is 3. The van der Waals surface area contributed by atoms with E-state index < -0.39 is 0 Å². The fraction of sp³-hybridized carbons (Fsp3) is 0.0769. The van der Waals surface area contributed by atoms with Crippen molar-refractivity contribution in [2.24, 2.45) is 0 Å². The van der Waals surface area contributed by atoms with E-state index in [9.17, 15) is 0 Å². The zero-order valence-electron chi connectivity index (χ0n) is 9.50. The lowest BCUT2D eigenvalue weighted by Crippen LogP contribution is -1.96. The molecule has 0 amide bonds. The van der Waals surface area contributed by atoms with Crippen LogP contribution < -0.4 is 10.5 Å². The summed E-state index contributed by atoms with van der Waals surface area (Å²) in [7, 11) is 0. The first-order valence-electron chi connectivity index (χ1n) is 5.27. The predicted molar refractivity (Wildman–Crippen MR) is 65.8 cm³/mol. The number of hydrogen-bond acceptors (Lipinski definition) is 5. The van der Waals surface area contributed by atoms with Gasteiger partial charge in [0.1, 0.15) is 11.8 Å². The third-order valence-corrected chi connectivity index (χ3v) is 2.31. The summed E-state index contributed by atoms with van der Waals surface area (Å²) in [4.78, 5) is 3.97. The Morgan fingerprint density at radius 1 is 1.33 bits per heavy atom. The summed E-state index contributed by atoms with van der Waals surface area (Å²) in [6, 6.07) is 12.0. The molecule has 0 radical (unpaired) electrons. The Morgan fingerprint density at radius 2 is 2.17 bits per heavy atom. The van der Waals surface area contributed by atoms with Crippen LogP contribution in [-0.2, 0) is 6.61 Å². The van der Waals surface area contributed by atoms with Crippen LogP contribution in [0.3, 0.4) is 0 Å². The Bertz CT molecular complexity index is 605. The second-order valence-electron chi connectivity index (χ2n) is 3.61. The van der Waals surface area contributed by atoms with E-state index in [-0.39, 0.29) is 18.2 Å². The average Bonchev–Trinajstić information content (AvgIpc) is 2.41. The molecule has 0 saturated heterocycles. The van der Waals surface area contributed by atoms with Gasteiger partial charge in [0.05, 0.1) is 12.3 Å². The molecule has 1 heterocycles. The number of nitrogens with two attached hydrogens (primary N) is 1. The molecule has 1 aromatic heterocycles. The van der Waals surface area contributed by atoms with Gasteiger partial charge in [-0.2, -0.15) is 5.26 Å². The zero-order chi connectivity index (χ0) is 13.0. The van der Waals surface area contributed by atoms with Crippen molar-refractivity contribution in [2.75, 3.05) is 5.73 Å². The third-order valence-electron chi connectivity index (χ3n) is 2.31. The number of ether oxygens (including phenoxy) is 1. The lowest BCUT2D eigenvalue weighted by molar-refractivity contribution is 0.281. The molecule has 0 aliphatic heterocycles. The zero-order valence-corrected chi connectivity index (χ0v) is 9.50. The van der Waals surface area contributed by atoms with E-state index in [0.717, 1.165) is 5.56 Å². The van der Waals surface area contributed by atoms with Gasteiger partial charge in [0, 0.05) is 6.07 Å². The van der Waals surface area contributed by atoms with Crippen LogP contribution in [0, 0.1) is 11.3 Å². The quantitative estimate of drug-likeness (QED) is 0.855. The van der Waals surface area contributed by atoms with Crippen LogP contribution >= 0.6 is 0 Å². The number of pyridine rings is 1. The Morgan fingerprint density at radius 3 is 2.89 bits per heavy atom. The number of nitriles is 1. The monoisotopic (exact) mass is 241 g/mol. The topological polar surface area (TPSA) is 92.2 Å². The van der Waals surface area contributed by atoms with E-state index in [1.165, 1.54) is 0 Å². The summed E-state index contributed by atoms with van der Waals surface area (Å²) in [6.45, 7) is -0.0597. The highest BCUT2D eigenvalue weighted by Gasteiger charge is 2.04. The first-order valence-corrected chi connectivity index (χ1v) is 5.27. The number of hydrogen-bond donors (Lipinski definition) is 2. The number of nitrogens with zero attached hydrogens (tertiary/aromatic N) is 2. The van der Waals surface area contributed by atoms with Crippen LogP contribution in [0.5, 0.6) is 11.6 Å². The van der Waals surface area contributed by atoms with Crippen molar-refractivity contribution in [1.82, 2.24) is 4.98 Å². The summed E-state index contributed by atoms with van der Waals surface area (Å²) in [5, 5.41) is 17.8. The summed E-state index contributed by atoms with van der Waals surface area (Å²) < 4.78 is 5.49. The van der Waals surface area contributed by atoms with Gasteiger partial charge in [0.2, 0.25) is 5.88 Å². The second kappa shape index (κ2) is 5.17. The van der Waals surface area contributed by atoms with Gasteiger partial charge in [0.15, 0.2) is 5.69 Å². The lowest BCUT2D eigenvalue weighted by atomic mass is 10.2. The Kier molecular flexibility index (Phi) is 3.41. The number of benzene rings is 1. The SMILES string of the molecule is N#Cc1nc(Oc2cccc(CO)c2)ccc1N. The molecule has 0 bridgehead atoms. The highest BCUT2D eigenvalue weighted by atomic mass is 16.5. The van der Waals surface area contributed by atoms with E-state index in [1.54, 1.807) is 36.4 Å². The second-order valence-corrected chi connectivity index (χ2v) is 3.61. The predicted octanol–water partition coefficient (Wildman–Crippen LogP) is 1.82. The number of anilines is 1. The van der Waals surface area contributed by atoms with E-state index in [1.807, 2.05) is 6.07 Å². The van der Waals surface area contributed by atoms with Gasteiger partial charge in [-0.05, 0) is 23.8 Å². The Labute approximate surface area is 104 Å². The number of aromatic nitrogens is 1. The molecule has 0 atom stereocenters. The van der Waals surface area contributed by atoms with Crippen molar-refractivity contribution in [3.63, 3.8) is 0 Å². The minimum Gasteiger partial charge on any atom is -0.439 e. The van der Waals surface area contributed by atoms with Crippen molar-refractivity contribution >= 4 is 5.69 Å². The van der Waals surface area contributed by atoms with Crippen LogP contribution in [0.25, 0.3) is 0 Å². The molecule has 5 nitrogen and oxygen atoms in total.